The molecule has 0 bridgehead atoms. The molecule has 0 unspecified atom stereocenters. The molecule has 0 radical (unpaired) electrons. The summed E-state index contributed by atoms with van der Waals surface area (Å²) in [7, 11) is 1.32. The van der Waals surface area contributed by atoms with Crippen molar-refractivity contribution in [3.63, 3.8) is 0 Å². The number of anilines is 1. The van der Waals surface area contributed by atoms with E-state index in [0.29, 0.717) is 29.9 Å². The van der Waals surface area contributed by atoms with Gasteiger partial charge < -0.3 is 10.1 Å². The Morgan fingerprint density at radius 1 is 1.14 bits per heavy atom. The summed E-state index contributed by atoms with van der Waals surface area (Å²) >= 11 is 1.45. The standard InChI is InChI=1S/C23H23N5O7S/c1-35-21(29)10-6-5-9-20-22(19(14-36-20)24-23(30)15-7-3-2-4-8-15)26-25-16-11-17(27(31)32)13-18(12-16)28(33)34/h2-4,7-9,11-13,19,25H,5-6,10,14H2,1H3,(H,24,30)/b20-9+,26-22-/t19-/m1/s1. The Kier molecular flexibility index (Phi) is 9.11. The Hall–Kier alpha value is -4.26. The van der Waals surface area contributed by atoms with Crippen LogP contribution in [-0.2, 0) is 9.53 Å². The van der Waals surface area contributed by atoms with Crippen LogP contribution in [0.25, 0.3) is 0 Å². The first-order valence-corrected chi connectivity index (χ1v) is 11.8. The molecule has 2 aromatic rings. The number of hydrazone groups is 1. The van der Waals surface area contributed by atoms with Crippen LogP contribution in [0.4, 0.5) is 17.1 Å². The molecule has 1 heterocycles. The number of ether oxygens (including phenoxy) is 1. The zero-order chi connectivity index (χ0) is 26.1. The number of benzene rings is 2. The van der Waals surface area contributed by atoms with Crippen LogP contribution in [0.1, 0.15) is 29.6 Å². The van der Waals surface area contributed by atoms with E-state index in [1.54, 1.807) is 30.3 Å². The Morgan fingerprint density at radius 3 is 2.42 bits per heavy atom. The molecule has 36 heavy (non-hydrogen) atoms. The summed E-state index contributed by atoms with van der Waals surface area (Å²) in [6.45, 7) is 0. The predicted octanol–water partition coefficient (Wildman–Crippen LogP) is 4.04. The van der Waals surface area contributed by atoms with Crippen LogP contribution in [0.15, 0.2) is 64.6 Å². The molecule has 2 aromatic carbocycles. The predicted molar refractivity (Wildman–Crippen MR) is 135 cm³/mol. The third-order valence-corrected chi connectivity index (χ3v) is 6.29. The van der Waals surface area contributed by atoms with E-state index >= 15 is 0 Å². The number of thioether (sulfide) groups is 1. The van der Waals surface area contributed by atoms with Gasteiger partial charge >= 0.3 is 5.97 Å². The highest BCUT2D eigenvalue weighted by Gasteiger charge is 2.30. The SMILES string of the molecule is COC(=O)CCC/C=C1/SC[C@@H](NC(=O)c2ccccc2)/C1=N/Nc1cc([N+](=O)[O-])cc([N+](=O)[O-])c1. The zero-order valence-corrected chi connectivity index (χ0v) is 20.0. The largest absolute Gasteiger partial charge is 0.469 e. The number of rotatable bonds is 10. The maximum absolute atomic E-state index is 12.7. The summed E-state index contributed by atoms with van der Waals surface area (Å²) < 4.78 is 4.64. The minimum atomic E-state index is -0.730. The van der Waals surface area contributed by atoms with Gasteiger partial charge in [-0.2, -0.15) is 5.10 Å². The van der Waals surface area contributed by atoms with Crippen LogP contribution in [0.2, 0.25) is 0 Å². The van der Waals surface area contributed by atoms with Crippen molar-refractivity contribution in [1.82, 2.24) is 5.32 Å². The first kappa shape index (κ1) is 26.3. The Balaban J connectivity index is 1.85. The molecule has 0 aromatic heterocycles. The summed E-state index contributed by atoms with van der Waals surface area (Å²) in [5.74, 6) is -0.132. The highest BCUT2D eigenvalue weighted by molar-refractivity contribution is 8.04. The summed E-state index contributed by atoms with van der Waals surface area (Å²) in [6.07, 6.45) is 3.24. The first-order valence-electron chi connectivity index (χ1n) is 10.8. The van der Waals surface area contributed by atoms with Crippen LogP contribution < -0.4 is 10.7 Å². The van der Waals surface area contributed by atoms with E-state index in [-0.39, 0.29) is 24.0 Å². The number of hydrogen-bond donors (Lipinski definition) is 2. The fraction of sp³-hybridized carbons (Fsp3) is 0.261. The number of unbranched alkanes of at least 4 members (excludes halogenated alkanes) is 1. The van der Waals surface area contributed by atoms with Gasteiger partial charge in [-0.15, -0.1) is 11.8 Å². The van der Waals surface area contributed by atoms with Gasteiger partial charge in [0.05, 0.1) is 40.5 Å². The number of methoxy groups -OCH3 is 1. The van der Waals surface area contributed by atoms with E-state index in [0.717, 1.165) is 23.1 Å². The Labute approximate surface area is 210 Å². The van der Waals surface area contributed by atoms with Crippen molar-refractivity contribution in [1.29, 1.82) is 0 Å². The van der Waals surface area contributed by atoms with Gasteiger partial charge in [-0.1, -0.05) is 24.3 Å². The minimum absolute atomic E-state index is 0.0541. The molecule has 0 aliphatic carbocycles. The van der Waals surface area contributed by atoms with Gasteiger partial charge in [-0.25, -0.2) is 0 Å². The quantitative estimate of drug-likeness (QED) is 0.206. The number of esters is 1. The number of amides is 1. The van der Waals surface area contributed by atoms with Crippen LogP contribution in [0, 0.1) is 20.2 Å². The Bertz CT molecular complexity index is 1180. The van der Waals surface area contributed by atoms with E-state index < -0.39 is 27.3 Å². The average Bonchev–Trinajstić information content (AvgIpc) is 3.26. The van der Waals surface area contributed by atoms with Crippen molar-refractivity contribution in [3.05, 3.63) is 85.3 Å². The minimum Gasteiger partial charge on any atom is -0.469 e. The molecular weight excluding hydrogens is 490 g/mol. The number of allylic oxidation sites excluding steroid dienone is 1. The van der Waals surface area contributed by atoms with Crippen LogP contribution in [-0.4, -0.2) is 46.3 Å². The maximum atomic E-state index is 12.7. The number of carbonyl (C=O) groups excluding carboxylic acids is 2. The number of carbonyl (C=O) groups is 2. The molecule has 13 heteroatoms. The van der Waals surface area contributed by atoms with E-state index in [4.69, 9.17) is 0 Å². The van der Waals surface area contributed by atoms with Gasteiger partial charge in [0.15, 0.2) is 0 Å². The zero-order valence-electron chi connectivity index (χ0n) is 19.2. The van der Waals surface area contributed by atoms with Gasteiger partial charge in [0.1, 0.15) is 0 Å². The van der Waals surface area contributed by atoms with Crippen LogP contribution >= 0.6 is 11.8 Å². The number of hydrogen-bond acceptors (Lipinski definition) is 10. The molecule has 1 aliphatic heterocycles. The molecule has 188 valence electrons. The highest BCUT2D eigenvalue weighted by atomic mass is 32.2. The fourth-order valence-electron chi connectivity index (χ4n) is 3.31. The number of nitrogens with zero attached hydrogens (tertiary/aromatic N) is 3. The smallest absolute Gasteiger partial charge is 0.305 e. The van der Waals surface area contributed by atoms with Gasteiger partial charge in [0.2, 0.25) is 0 Å². The summed E-state index contributed by atoms with van der Waals surface area (Å²) in [6, 6.07) is 11.3. The molecule has 1 amide bonds. The molecule has 1 saturated heterocycles. The molecule has 1 atom stereocenters. The summed E-state index contributed by atoms with van der Waals surface area (Å²) in [5, 5.41) is 29.7. The summed E-state index contributed by atoms with van der Waals surface area (Å²) in [4.78, 5) is 45.8. The highest BCUT2D eigenvalue weighted by Crippen LogP contribution is 2.31. The number of nitro groups is 2. The molecular formula is C23H23N5O7S. The third kappa shape index (κ3) is 7.12. The van der Waals surface area contributed by atoms with E-state index in [2.05, 4.69) is 20.6 Å². The first-order chi connectivity index (χ1) is 17.3. The molecule has 1 fully saturated rings. The van der Waals surface area contributed by atoms with E-state index in [9.17, 15) is 29.8 Å². The topological polar surface area (TPSA) is 166 Å². The number of non-ortho nitro benzene ring substituents is 2. The summed E-state index contributed by atoms with van der Waals surface area (Å²) in [5.41, 5.74) is 2.75. The number of nitrogens with one attached hydrogen (secondary N) is 2. The second-order valence-electron chi connectivity index (χ2n) is 7.60. The van der Waals surface area contributed by atoms with E-state index in [1.807, 2.05) is 6.08 Å². The molecule has 0 spiro atoms. The molecule has 3 rings (SSSR count). The normalized spacial score (nSPS) is 17.1. The van der Waals surface area contributed by atoms with Crippen molar-refractivity contribution in [3.8, 4) is 0 Å². The lowest BCUT2D eigenvalue weighted by Crippen LogP contribution is -2.40. The second-order valence-corrected chi connectivity index (χ2v) is 8.66. The van der Waals surface area contributed by atoms with Gasteiger partial charge in [0, 0.05) is 34.8 Å². The van der Waals surface area contributed by atoms with Gasteiger partial charge in [-0.05, 0) is 25.0 Å². The van der Waals surface area contributed by atoms with Crippen LogP contribution in [0.5, 0.6) is 0 Å². The van der Waals surface area contributed by atoms with E-state index in [1.165, 1.54) is 18.9 Å². The lowest BCUT2D eigenvalue weighted by atomic mass is 10.1. The molecule has 12 nitrogen and oxygen atoms in total. The third-order valence-electron chi connectivity index (χ3n) is 5.10. The molecule has 2 N–H and O–H groups in total. The van der Waals surface area contributed by atoms with Crippen molar-refractivity contribution in [2.45, 2.75) is 25.3 Å². The number of nitro benzene ring substituents is 2. The van der Waals surface area contributed by atoms with Crippen molar-refractivity contribution >= 4 is 46.4 Å². The van der Waals surface area contributed by atoms with Gasteiger partial charge in [-0.3, -0.25) is 35.2 Å². The van der Waals surface area contributed by atoms with Crippen LogP contribution in [0.3, 0.4) is 0 Å². The Morgan fingerprint density at radius 2 is 1.81 bits per heavy atom. The average molecular weight is 514 g/mol. The lowest BCUT2D eigenvalue weighted by molar-refractivity contribution is -0.394. The second kappa shape index (κ2) is 12.4. The van der Waals surface area contributed by atoms with Crippen molar-refractivity contribution in [2.24, 2.45) is 5.10 Å². The van der Waals surface area contributed by atoms with Crippen molar-refractivity contribution in [2.75, 3.05) is 18.3 Å². The fourth-order valence-corrected chi connectivity index (χ4v) is 4.47. The monoisotopic (exact) mass is 513 g/mol. The van der Waals surface area contributed by atoms with Gasteiger partial charge in [0.25, 0.3) is 17.3 Å². The molecule has 1 aliphatic rings. The molecule has 0 saturated carbocycles. The van der Waals surface area contributed by atoms with Crippen molar-refractivity contribution < 1.29 is 24.2 Å². The lowest BCUT2D eigenvalue weighted by Gasteiger charge is -2.14. The maximum Gasteiger partial charge on any atom is 0.305 e.